The predicted molar refractivity (Wildman–Crippen MR) is 49.2 cm³/mol. The number of allylic oxidation sites excluding steroid dienone is 2. The predicted octanol–water partition coefficient (Wildman–Crippen LogP) is 1.96. The van der Waals surface area contributed by atoms with Gasteiger partial charge in [0.05, 0.1) is 13.2 Å². The first-order valence-electron chi connectivity index (χ1n) is 5.35. The number of ether oxygens (including phenoxy) is 2. The van der Waals surface area contributed by atoms with Gasteiger partial charge in [0, 0.05) is 5.92 Å². The first kappa shape index (κ1) is 8.01. The molecule has 1 saturated carbocycles. The molecule has 13 heavy (non-hydrogen) atoms. The van der Waals surface area contributed by atoms with Crippen molar-refractivity contribution >= 4 is 0 Å². The Bertz CT molecular complexity index is 218. The van der Waals surface area contributed by atoms with Crippen LogP contribution in [0.25, 0.3) is 0 Å². The lowest BCUT2D eigenvalue weighted by molar-refractivity contribution is -0.109. The minimum Gasteiger partial charge on any atom is -0.350 e. The molecule has 0 aromatic carbocycles. The first-order valence-corrected chi connectivity index (χ1v) is 5.35. The van der Waals surface area contributed by atoms with E-state index in [1.165, 1.54) is 19.3 Å². The van der Waals surface area contributed by atoms with E-state index in [0.717, 1.165) is 25.0 Å². The molecule has 4 aliphatic rings. The van der Waals surface area contributed by atoms with Gasteiger partial charge in [-0.1, -0.05) is 12.2 Å². The zero-order valence-corrected chi connectivity index (χ0v) is 7.82. The average molecular weight is 180 g/mol. The second-order valence-corrected chi connectivity index (χ2v) is 4.40. The Morgan fingerprint density at radius 2 is 1.85 bits per heavy atom. The monoisotopic (exact) mass is 180 g/mol. The zero-order valence-electron chi connectivity index (χ0n) is 7.82. The van der Waals surface area contributed by atoms with Crippen LogP contribution in [0.4, 0.5) is 0 Å². The summed E-state index contributed by atoms with van der Waals surface area (Å²) in [5.41, 5.74) is 0. The van der Waals surface area contributed by atoms with Crippen LogP contribution in [0.15, 0.2) is 12.2 Å². The summed E-state index contributed by atoms with van der Waals surface area (Å²) in [6.07, 6.45) is 8.89. The maximum atomic E-state index is 5.59. The third-order valence-corrected chi connectivity index (χ3v) is 3.62. The van der Waals surface area contributed by atoms with Crippen LogP contribution < -0.4 is 0 Å². The van der Waals surface area contributed by atoms with Gasteiger partial charge in [-0.2, -0.15) is 0 Å². The van der Waals surface area contributed by atoms with E-state index in [1.807, 2.05) is 0 Å². The van der Waals surface area contributed by atoms with Crippen molar-refractivity contribution in [1.29, 1.82) is 0 Å². The van der Waals surface area contributed by atoms with Crippen LogP contribution in [0, 0.1) is 17.8 Å². The highest BCUT2D eigenvalue weighted by molar-refractivity contribution is 5.06. The van der Waals surface area contributed by atoms with Crippen molar-refractivity contribution in [3.63, 3.8) is 0 Å². The van der Waals surface area contributed by atoms with Crippen LogP contribution in [0.3, 0.4) is 0 Å². The van der Waals surface area contributed by atoms with Gasteiger partial charge in [-0.15, -0.1) is 0 Å². The van der Waals surface area contributed by atoms with Gasteiger partial charge >= 0.3 is 0 Å². The third-order valence-electron chi connectivity index (χ3n) is 3.62. The second kappa shape index (κ2) is 3.10. The number of hydrogen-bond acceptors (Lipinski definition) is 2. The van der Waals surface area contributed by atoms with Crippen LogP contribution >= 0.6 is 0 Å². The Morgan fingerprint density at radius 3 is 2.38 bits per heavy atom. The van der Waals surface area contributed by atoms with Crippen molar-refractivity contribution in [3.05, 3.63) is 12.2 Å². The van der Waals surface area contributed by atoms with E-state index in [4.69, 9.17) is 9.47 Å². The highest BCUT2D eigenvalue weighted by atomic mass is 16.7. The van der Waals surface area contributed by atoms with Gasteiger partial charge in [0.25, 0.3) is 0 Å². The molecule has 2 fully saturated rings. The quantitative estimate of drug-likeness (QED) is 0.574. The van der Waals surface area contributed by atoms with E-state index in [1.54, 1.807) is 0 Å². The van der Waals surface area contributed by atoms with Crippen molar-refractivity contribution in [1.82, 2.24) is 0 Å². The highest BCUT2D eigenvalue weighted by Gasteiger charge is 2.39. The van der Waals surface area contributed by atoms with E-state index in [9.17, 15) is 0 Å². The molecule has 3 aliphatic carbocycles. The summed E-state index contributed by atoms with van der Waals surface area (Å²) in [5.74, 6) is 2.18. The number of hydrogen-bond donors (Lipinski definition) is 0. The third kappa shape index (κ3) is 1.32. The van der Waals surface area contributed by atoms with Crippen LogP contribution in [-0.2, 0) is 9.47 Å². The van der Waals surface area contributed by atoms with Gasteiger partial charge in [0.2, 0.25) is 0 Å². The lowest BCUT2D eigenvalue weighted by Gasteiger charge is -2.39. The van der Waals surface area contributed by atoms with E-state index >= 15 is 0 Å². The molecule has 3 atom stereocenters. The smallest absolute Gasteiger partial charge is 0.161 e. The van der Waals surface area contributed by atoms with E-state index < -0.39 is 0 Å². The summed E-state index contributed by atoms with van der Waals surface area (Å²) < 4.78 is 11.2. The molecule has 0 aromatic rings. The Labute approximate surface area is 78.9 Å². The van der Waals surface area contributed by atoms with E-state index in [0.29, 0.717) is 5.92 Å². The minimum atomic E-state index is 0.109. The standard InChI is InChI=1S/C11H16O2/c1-3-9-4-2-8(1)7-10(9)11-12-5-6-13-11/h1,3,8-11H,2,4-7H2. The second-order valence-electron chi connectivity index (χ2n) is 4.40. The molecule has 4 rings (SSSR count). The molecule has 1 saturated heterocycles. The average Bonchev–Trinajstić information content (AvgIpc) is 2.72. The molecule has 1 heterocycles. The van der Waals surface area contributed by atoms with E-state index in [-0.39, 0.29) is 6.29 Å². The number of fused-ring (bicyclic) bond motifs is 2. The molecule has 0 radical (unpaired) electrons. The lowest BCUT2D eigenvalue weighted by Crippen LogP contribution is -2.36. The van der Waals surface area contributed by atoms with Crippen LogP contribution in [0.5, 0.6) is 0 Å². The van der Waals surface area contributed by atoms with Gasteiger partial charge < -0.3 is 9.47 Å². The maximum Gasteiger partial charge on any atom is 0.161 e. The molecule has 2 heteroatoms. The molecule has 0 aromatic heterocycles. The summed E-state index contributed by atoms with van der Waals surface area (Å²) >= 11 is 0. The molecule has 3 unspecified atom stereocenters. The Morgan fingerprint density at radius 1 is 1.00 bits per heavy atom. The molecule has 2 nitrogen and oxygen atoms in total. The summed E-state index contributed by atoms with van der Waals surface area (Å²) in [6, 6.07) is 0. The zero-order chi connectivity index (χ0) is 8.67. The van der Waals surface area contributed by atoms with Gasteiger partial charge in [-0.25, -0.2) is 0 Å². The summed E-state index contributed by atoms with van der Waals surface area (Å²) in [7, 11) is 0. The topological polar surface area (TPSA) is 18.5 Å². The van der Waals surface area contributed by atoms with Crippen LogP contribution in [0.1, 0.15) is 19.3 Å². The van der Waals surface area contributed by atoms with Crippen molar-refractivity contribution in [2.24, 2.45) is 17.8 Å². The molecule has 0 amide bonds. The minimum absolute atomic E-state index is 0.109. The summed E-state index contributed by atoms with van der Waals surface area (Å²) in [5, 5.41) is 0. The lowest BCUT2D eigenvalue weighted by atomic mass is 9.69. The van der Waals surface area contributed by atoms with E-state index in [2.05, 4.69) is 12.2 Å². The van der Waals surface area contributed by atoms with Crippen LogP contribution in [0.2, 0.25) is 0 Å². The normalized spacial score (nSPS) is 44.5. The number of rotatable bonds is 1. The van der Waals surface area contributed by atoms with Gasteiger partial charge in [0.1, 0.15) is 0 Å². The van der Waals surface area contributed by atoms with Gasteiger partial charge in [-0.3, -0.25) is 0 Å². The molecule has 72 valence electrons. The largest absolute Gasteiger partial charge is 0.350 e. The maximum absolute atomic E-state index is 5.59. The van der Waals surface area contributed by atoms with Gasteiger partial charge in [0.15, 0.2) is 6.29 Å². The molecule has 0 N–H and O–H groups in total. The molecular weight excluding hydrogens is 164 g/mol. The van der Waals surface area contributed by atoms with Crippen molar-refractivity contribution in [2.75, 3.05) is 13.2 Å². The highest BCUT2D eigenvalue weighted by Crippen LogP contribution is 2.43. The Balaban J connectivity index is 1.75. The fourth-order valence-electron chi connectivity index (χ4n) is 2.91. The molecule has 1 aliphatic heterocycles. The molecular formula is C11H16O2. The van der Waals surface area contributed by atoms with Crippen LogP contribution in [-0.4, -0.2) is 19.5 Å². The van der Waals surface area contributed by atoms with Crippen molar-refractivity contribution < 1.29 is 9.47 Å². The fourth-order valence-corrected chi connectivity index (χ4v) is 2.91. The summed E-state index contributed by atoms with van der Waals surface area (Å²) in [6.45, 7) is 1.59. The molecule has 0 spiro atoms. The Hall–Kier alpha value is -0.340. The first-order chi connectivity index (χ1) is 6.43. The Kier molecular flexibility index (Phi) is 1.91. The summed E-state index contributed by atoms with van der Waals surface area (Å²) in [4.78, 5) is 0. The molecule has 2 bridgehead atoms. The fraction of sp³-hybridized carbons (Fsp3) is 0.818. The van der Waals surface area contributed by atoms with Crippen molar-refractivity contribution in [3.8, 4) is 0 Å². The SMILES string of the molecule is C1=CC2CCC1CC2C1OCCO1. The van der Waals surface area contributed by atoms with Gasteiger partial charge in [-0.05, 0) is 31.1 Å². The van der Waals surface area contributed by atoms with Crippen molar-refractivity contribution in [2.45, 2.75) is 25.6 Å².